The summed E-state index contributed by atoms with van der Waals surface area (Å²) in [4.78, 5) is 13.8. The molecule has 0 aromatic heterocycles. The highest BCUT2D eigenvalue weighted by molar-refractivity contribution is 6.43. The molecule has 1 fully saturated rings. The van der Waals surface area contributed by atoms with Crippen LogP contribution < -0.4 is 19.7 Å². The number of carbonyl (C=O) groups is 1. The highest BCUT2D eigenvalue weighted by Gasteiger charge is 2.33. The van der Waals surface area contributed by atoms with Crippen molar-refractivity contribution in [1.29, 1.82) is 0 Å². The van der Waals surface area contributed by atoms with E-state index in [2.05, 4.69) is 5.32 Å². The molecule has 2 atom stereocenters. The number of halogens is 2. The van der Waals surface area contributed by atoms with E-state index in [0.29, 0.717) is 22.3 Å². The maximum absolute atomic E-state index is 12.6. The molecular formula is C20H23Cl2N2O3+. The molecule has 2 aromatic rings. The van der Waals surface area contributed by atoms with Gasteiger partial charge in [0.15, 0.2) is 6.54 Å². The molecule has 1 unspecified atom stereocenters. The maximum atomic E-state index is 12.6. The molecule has 1 heterocycles. The average Bonchev–Trinajstić information content (AvgIpc) is 3.12. The Morgan fingerprint density at radius 3 is 2.78 bits per heavy atom. The Morgan fingerprint density at radius 2 is 2.04 bits per heavy atom. The third-order valence-electron chi connectivity index (χ3n) is 4.91. The van der Waals surface area contributed by atoms with E-state index in [-0.39, 0.29) is 11.9 Å². The van der Waals surface area contributed by atoms with Gasteiger partial charge < -0.3 is 19.7 Å². The van der Waals surface area contributed by atoms with Crippen molar-refractivity contribution in [3.8, 4) is 11.5 Å². The number of quaternary nitrogens is 1. The Bertz CT molecular complexity index is 829. The first kappa shape index (κ1) is 19.8. The molecule has 2 aromatic carbocycles. The zero-order valence-electron chi connectivity index (χ0n) is 15.4. The molecule has 7 heteroatoms. The summed E-state index contributed by atoms with van der Waals surface area (Å²) in [6, 6.07) is 11.2. The summed E-state index contributed by atoms with van der Waals surface area (Å²) in [5.74, 6) is 1.45. The Labute approximate surface area is 169 Å². The van der Waals surface area contributed by atoms with Gasteiger partial charge in [0.25, 0.3) is 5.91 Å². The zero-order chi connectivity index (χ0) is 19.4. The van der Waals surface area contributed by atoms with E-state index in [0.717, 1.165) is 36.4 Å². The average molecular weight is 410 g/mol. The standard InChI is InChI=1S/C20H22Cl2N2O3/c1-26-13-8-9-14(18(11-13)27-2)17-7-4-10-24(17)12-19(25)23-16-6-3-5-15(21)20(16)22/h3,5-6,8-9,11,17H,4,7,10,12H2,1-2H3,(H,23,25)/p+1/t17-/m0/s1. The Morgan fingerprint density at radius 1 is 1.22 bits per heavy atom. The summed E-state index contributed by atoms with van der Waals surface area (Å²) in [5.41, 5.74) is 1.63. The van der Waals surface area contributed by atoms with Crippen LogP contribution in [0.25, 0.3) is 0 Å². The maximum Gasteiger partial charge on any atom is 0.279 e. The molecule has 1 aliphatic heterocycles. The van der Waals surface area contributed by atoms with Gasteiger partial charge in [-0.2, -0.15) is 0 Å². The minimum absolute atomic E-state index is 0.0893. The molecule has 1 amide bonds. The fourth-order valence-corrected chi connectivity index (χ4v) is 3.95. The van der Waals surface area contributed by atoms with Crippen LogP contribution in [0, 0.1) is 0 Å². The number of anilines is 1. The second-order valence-electron chi connectivity index (χ2n) is 6.54. The topological polar surface area (TPSA) is 52.0 Å². The number of rotatable bonds is 6. The second kappa shape index (κ2) is 8.83. The first-order chi connectivity index (χ1) is 13.0. The summed E-state index contributed by atoms with van der Waals surface area (Å²) in [7, 11) is 3.29. The Balaban J connectivity index is 1.73. The minimum Gasteiger partial charge on any atom is -0.497 e. The van der Waals surface area contributed by atoms with Crippen LogP contribution in [0.3, 0.4) is 0 Å². The molecule has 3 rings (SSSR count). The fraction of sp³-hybridized carbons (Fsp3) is 0.350. The quantitative estimate of drug-likeness (QED) is 0.768. The summed E-state index contributed by atoms with van der Waals surface area (Å²) in [5, 5.41) is 3.65. The third kappa shape index (κ3) is 4.49. The van der Waals surface area contributed by atoms with Crippen LogP contribution in [0.5, 0.6) is 11.5 Å². The number of nitrogens with one attached hydrogen (secondary N) is 2. The van der Waals surface area contributed by atoms with Crippen molar-refractivity contribution in [1.82, 2.24) is 0 Å². The van der Waals surface area contributed by atoms with E-state index >= 15 is 0 Å². The Kier molecular flexibility index (Phi) is 6.47. The molecule has 0 radical (unpaired) electrons. The molecule has 0 bridgehead atoms. The summed E-state index contributed by atoms with van der Waals surface area (Å²) < 4.78 is 10.8. The minimum atomic E-state index is -0.0893. The summed E-state index contributed by atoms with van der Waals surface area (Å²) in [6.45, 7) is 1.28. The largest absolute Gasteiger partial charge is 0.497 e. The van der Waals surface area contributed by atoms with Gasteiger partial charge in [0.1, 0.15) is 17.5 Å². The van der Waals surface area contributed by atoms with E-state index in [1.54, 1.807) is 32.4 Å². The molecule has 0 aliphatic carbocycles. The number of likely N-dealkylation sites (tertiary alicyclic amines) is 1. The lowest BCUT2D eigenvalue weighted by atomic mass is 10.0. The number of benzene rings is 2. The van der Waals surface area contributed by atoms with Gasteiger partial charge in [-0.1, -0.05) is 29.3 Å². The zero-order valence-corrected chi connectivity index (χ0v) is 16.9. The number of carbonyl (C=O) groups excluding carboxylic acids is 1. The van der Waals surface area contributed by atoms with Crippen molar-refractivity contribution in [2.75, 3.05) is 32.6 Å². The van der Waals surface area contributed by atoms with Crippen LogP contribution in [0.2, 0.25) is 10.0 Å². The van der Waals surface area contributed by atoms with Gasteiger partial charge in [0.05, 0.1) is 42.1 Å². The normalized spacial score (nSPS) is 19.0. The highest BCUT2D eigenvalue weighted by Crippen LogP contribution is 2.32. The van der Waals surface area contributed by atoms with Gasteiger partial charge in [-0.3, -0.25) is 4.79 Å². The molecule has 2 N–H and O–H groups in total. The summed E-state index contributed by atoms with van der Waals surface area (Å²) >= 11 is 12.2. The van der Waals surface area contributed by atoms with Crippen molar-refractivity contribution < 1.29 is 19.2 Å². The van der Waals surface area contributed by atoms with Crippen molar-refractivity contribution in [3.05, 3.63) is 52.0 Å². The van der Waals surface area contributed by atoms with Gasteiger partial charge >= 0.3 is 0 Å². The van der Waals surface area contributed by atoms with Crippen LogP contribution in [0.4, 0.5) is 5.69 Å². The van der Waals surface area contributed by atoms with Crippen LogP contribution in [0.15, 0.2) is 36.4 Å². The Hall–Kier alpha value is -1.95. The lowest BCUT2D eigenvalue weighted by Gasteiger charge is -2.23. The smallest absolute Gasteiger partial charge is 0.279 e. The summed E-state index contributed by atoms with van der Waals surface area (Å²) in [6.07, 6.45) is 2.06. The number of ether oxygens (including phenoxy) is 2. The lowest BCUT2D eigenvalue weighted by molar-refractivity contribution is -0.910. The van der Waals surface area contributed by atoms with Gasteiger partial charge in [-0.05, 0) is 24.3 Å². The first-order valence-corrected chi connectivity index (χ1v) is 9.59. The molecule has 0 spiro atoms. The van der Waals surface area contributed by atoms with Gasteiger partial charge in [0.2, 0.25) is 0 Å². The number of hydrogen-bond donors (Lipinski definition) is 2. The fourth-order valence-electron chi connectivity index (χ4n) is 3.61. The second-order valence-corrected chi connectivity index (χ2v) is 7.32. The number of amides is 1. The van der Waals surface area contributed by atoms with Crippen LogP contribution in [-0.2, 0) is 4.79 Å². The molecule has 144 valence electrons. The van der Waals surface area contributed by atoms with E-state index in [4.69, 9.17) is 32.7 Å². The SMILES string of the molecule is COc1ccc([C@@H]2CCC[NH+]2CC(=O)Nc2cccc(Cl)c2Cl)c(OC)c1. The predicted molar refractivity (Wildman–Crippen MR) is 107 cm³/mol. The van der Waals surface area contributed by atoms with E-state index in [1.807, 2.05) is 18.2 Å². The van der Waals surface area contributed by atoms with E-state index in [1.165, 1.54) is 4.90 Å². The van der Waals surface area contributed by atoms with Crippen LogP contribution in [-0.4, -0.2) is 33.2 Å². The van der Waals surface area contributed by atoms with Gasteiger partial charge in [-0.15, -0.1) is 0 Å². The molecule has 1 saturated heterocycles. The van der Waals surface area contributed by atoms with Crippen molar-refractivity contribution in [3.63, 3.8) is 0 Å². The molecule has 5 nitrogen and oxygen atoms in total. The highest BCUT2D eigenvalue weighted by atomic mass is 35.5. The van der Waals surface area contributed by atoms with E-state index < -0.39 is 0 Å². The van der Waals surface area contributed by atoms with Crippen LogP contribution >= 0.6 is 23.2 Å². The monoisotopic (exact) mass is 409 g/mol. The van der Waals surface area contributed by atoms with Gasteiger partial charge in [-0.25, -0.2) is 0 Å². The van der Waals surface area contributed by atoms with Crippen molar-refractivity contribution in [2.45, 2.75) is 18.9 Å². The molecule has 1 aliphatic rings. The van der Waals surface area contributed by atoms with Crippen molar-refractivity contribution in [2.24, 2.45) is 0 Å². The number of methoxy groups -OCH3 is 2. The van der Waals surface area contributed by atoms with Gasteiger partial charge in [0, 0.05) is 18.9 Å². The lowest BCUT2D eigenvalue weighted by Crippen LogP contribution is -3.11. The third-order valence-corrected chi connectivity index (χ3v) is 5.73. The predicted octanol–water partition coefficient (Wildman–Crippen LogP) is 3.37. The molecular weight excluding hydrogens is 387 g/mol. The van der Waals surface area contributed by atoms with E-state index in [9.17, 15) is 4.79 Å². The van der Waals surface area contributed by atoms with Crippen molar-refractivity contribution >= 4 is 34.8 Å². The molecule has 0 saturated carbocycles. The molecule has 27 heavy (non-hydrogen) atoms. The first-order valence-electron chi connectivity index (χ1n) is 8.84. The van der Waals surface area contributed by atoms with Crippen LogP contribution in [0.1, 0.15) is 24.4 Å². The number of hydrogen-bond acceptors (Lipinski definition) is 3.